The summed E-state index contributed by atoms with van der Waals surface area (Å²) in [6.45, 7) is 9.04. The first-order valence-electron chi connectivity index (χ1n) is 8.99. The molecule has 1 amide bonds. The highest BCUT2D eigenvalue weighted by Gasteiger charge is 2.11. The Morgan fingerprint density at radius 2 is 1.81 bits per heavy atom. The summed E-state index contributed by atoms with van der Waals surface area (Å²) in [6.07, 6.45) is 0.499. The van der Waals surface area contributed by atoms with Gasteiger partial charge in [0.1, 0.15) is 18.1 Å². The summed E-state index contributed by atoms with van der Waals surface area (Å²) in [5, 5.41) is 2.76. The van der Waals surface area contributed by atoms with Crippen molar-refractivity contribution in [1.82, 2.24) is 0 Å². The van der Waals surface area contributed by atoms with Gasteiger partial charge < -0.3 is 14.2 Å². The number of aryl methyl sites for hydroxylation is 2. The van der Waals surface area contributed by atoms with Gasteiger partial charge in [-0.05, 0) is 56.5 Å². The number of amides is 1. The number of benzene rings is 2. The van der Waals surface area contributed by atoms with Crippen LogP contribution in [0.25, 0.3) is 0 Å². The van der Waals surface area contributed by atoms with Gasteiger partial charge in [-0.2, -0.15) is 0 Å². The van der Waals surface area contributed by atoms with Gasteiger partial charge in [0, 0.05) is 11.6 Å². The summed E-state index contributed by atoms with van der Waals surface area (Å²) in [4.78, 5) is 11.8. The second-order valence-corrected chi connectivity index (χ2v) is 5.84. The lowest BCUT2D eigenvalue weighted by Gasteiger charge is -2.15. The van der Waals surface area contributed by atoms with Crippen molar-refractivity contribution < 1.29 is 19.0 Å². The SMILES string of the molecule is CCOC(=O)Nc1cc(OCC)ccc1COc1ccc(CC)cc1C. The van der Waals surface area contributed by atoms with Crippen LogP contribution in [0.1, 0.15) is 37.5 Å². The fraction of sp³-hybridized carbons (Fsp3) is 0.381. The highest BCUT2D eigenvalue weighted by Crippen LogP contribution is 2.26. The van der Waals surface area contributed by atoms with Crippen molar-refractivity contribution in [3.8, 4) is 11.5 Å². The van der Waals surface area contributed by atoms with E-state index >= 15 is 0 Å². The second kappa shape index (κ2) is 9.70. The Labute approximate surface area is 155 Å². The summed E-state index contributed by atoms with van der Waals surface area (Å²) < 4.78 is 16.5. The number of ether oxygens (including phenoxy) is 3. The third kappa shape index (κ3) is 5.41. The molecule has 1 N–H and O–H groups in total. The lowest BCUT2D eigenvalue weighted by molar-refractivity contribution is 0.168. The molecule has 0 aliphatic heterocycles. The van der Waals surface area contributed by atoms with E-state index in [-0.39, 0.29) is 0 Å². The summed E-state index contributed by atoms with van der Waals surface area (Å²) in [7, 11) is 0. The van der Waals surface area contributed by atoms with E-state index < -0.39 is 6.09 Å². The van der Waals surface area contributed by atoms with Gasteiger partial charge in [-0.25, -0.2) is 4.79 Å². The average Bonchev–Trinajstić information content (AvgIpc) is 2.62. The van der Waals surface area contributed by atoms with Crippen LogP contribution in [0, 0.1) is 6.92 Å². The van der Waals surface area contributed by atoms with E-state index in [0.29, 0.717) is 31.3 Å². The van der Waals surface area contributed by atoms with E-state index in [2.05, 4.69) is 24.4 Å². The highest BCUT2D eigenvalue weighted by atomic mass is 16.5. The summed E-state index contributed by atoms with van der Waals surface area (Å²) in [5.74, 6) is 1.52. The molecule has 0 saturated carbocycles. The number of hydrogen-bond donors (Lipinski definition) is 1. The van der Waals surface area contributed by atoms with E-state index in [9.17, 15) is 4.79 Å². The molecular formula is C21H27NO4. The molecule has 0 heterocycles. The predicted octanol–water partition coefficient (Wildman–Crippen LogP) is 5.10. The molecule has 0 radical (unpaired) electrons. The van der Waals surface area contributed by atoms with Crippen LogP contribution in [0.2, 0.25) is 0 Å². The molecule has 5 nitrogen and oxygen atoms in total. The Morgan fingerprint density at radius 3 is 2.46 bits per heavy atom. The number of nitrogens with one attached hydrogen (secondary N) is 1. The quantitative estimate of drug-likeness (QED) is 0.714. The third-order valence-corrected chi connectivity index (χ3v) is 3.94. The predicted molar refractivity (Wildman–Crippen MR) is 103 cm³/mol. The molecule has 2 aromatic rings. The first kappa shape index (κ1) is 19.6. The maximum absolute atomic E-state index is 11.8. The van der Waals surface area contributed by atoms with Crippen molar-refractivity contribution in [2.45, 2.75) is 40.7 Å². The van der Waals surface area contributed by atoms with Crippen molar-refractivity contribution in [3.05, 3.63) is 53.1 Å². The fourth-order valence-corrected chi connectivity index (χ4v) is 2.58. The molecule has 0 saturated heterocycles. The zero-order valence-corrected chi connectivity index (χ0v) is 15.9. The van der Waals surface area contributed by atoms with E-state index in [0.717, 1.165) is 23.3 Å². The van der Waals surface area contributed by atoms with Gasteiger partial charge in [-0.15, -0.1) is 0 Å². The van der Waals surface area contributed by atoms with Gasteiger partial charge in [0.15, 0.2) is 0 Å². The van der Waals surface area contributed by atoms with Crippen LogP contribution in [0.15, 0.2) is 36.4 Å². The molecule has 140 valence electrons. The maximum Gasteiger partial charge on any atom is 0.411 e. The van der Waals surface area contributed by atoms with Crippen LogP contribution in [0.4, 0.5) is 10.5 Å². The number of anilines is 1. The van der Waals surface area contributed by atoms with Crippen LogP contribution >= 0.6 is 0 Å². The van der Waals surface area contributed by atoms with E-state index in [4.69, 9.17) is 14.2 Å². The molecular weight excluding hydrogens is 330 g/mol. The van der Waals surface area contributed by atoms with Crippen molar-refractivity contribution in [2.24, 2.45) is 0 Å². The monoisotopic (exact) mass is 357 g/mol. The topological polar surface area (TPSA) is 56.8 Å². The minimum atomic E-state index is -0.495. The van der Waals surface area contributed by atoms with Crippen molar-refractivity contribution in [3.63, 3.8) is 0 Å². The van der Waals surface area contributed by atoms with Crippen LogP contribution in [-0.2, 0) is 17.8 Å². The molecule has 0 spiro atoms. The van der Waals surface area contributed by atoms with Crippen molar-refractivity contribution in [2.75, 3.05) is 18.5 Å². The standard InChI is InChI=1S/C21H27NO4/c1-5-16-8-11-20(15(4)12-16)26-14-17-9-10-18(24-6-2)13-19(17)22-21(23)25-7-3/h8-13H,5-7,14H2,1-4H3,(H,22,23). The summed E-state index contributed by atoms with van der Waals surface area (Å²) in [6, 6.07) is 11.7. The molecule has 2 rings (SSSR count). The second-order valence-electron chi connectivity index (χ2n) is 5.84. The first-order valence-corrected chi connectivity index (χ1v) is 8.99. The van der Waals surface area contributed by atoms with E-state index in [1.807, 2.05) is 32.0 Å². The minimum absolute atomic E-state index is 0.311. The van der Waals surface area contributed by atoms with Crippen LogP contribution in [0.5, 0.6) is 11.5 Å². The third-order valence-electron chi connectivity index (χ3n) is 3.94. The molecule has 0 aromatic heterocycles. The highest BCUT2D eigenvalue weighted by molar-refractivity contribution is 5.86. The fourth-order valence-electron chi connectivity index (χ4n) is 2.58. The Hall–Kier alpha value is -2.69. The zero-order valence-electron chi connectivity index (χ0n) is 15.9. The molecule has 0 bridgehead atoms. The van der Waals surface area contributed by atoms with Crippen LogP contribution < -0.4 is 14.8 Å². The molecule has 26 heavy (non-hydrogen) atoms. The Kier molecular flexibility index (Phi) is 7.33. The molecule has 5 heteroatoms. The van der Waals surface area contributed by atoms with Gasteiger partial charge >= 0.3 is 6.09 Å². The zero-order chi connectivity index (χ0) is 18.9. The first-order chi connectivity index (χ1) is 12.6. The molecule has 0 fully saturated rings. The van der Waals surface area contributed by atoms with E-state index in [1.54, 1.807) is 13.0 Å². The number of rotatable bonds is 8. The minimum Gasteiger partial charge on any atom is -0.494 e. The number of carbonyl (C=O) groups is 1. The lowest BCUT2D eigenvalue weighted by Crippen LogP contribution is -2.15. The normalized spacial score (nSPS) is 10.3. The van der Waals surface area contributed by atoms with Gasteiger partial charge in [-0.1, -0.05) is 19.1 Å². The van der Waals surface area contributed by atoms with Crippen molar-refractivity contribution in [1.29, 1.82) is 0 Å². The molecule has 2 aromatic carbocycles. The Balaban J connectivity index is 2.17. The van der Waals surface area contributed by atoms with Gasteiger partial charge in [0.2, 0.25) is 0 Å². The smallest absolute Gasteiger partial charge is 0.411 e. The molecule has 0 aliphatic rings. The average molecular weight is 357 g/mol. The van der Waals surface area contributed by atoms with Gasteiger partial charge in [-0.3, -0.25) is 5.32 Å². The number of hydrogen-bond acceptors (Lipinski definition) is 4. The van der Waals surface area contributed by atoms with Crippen LogP contribution in [-0.4, -0.2) is 19.3 Å². The van der Waals surface area contributed by atoms with Crippen LogP contribution in [0.3, 0.4) is 0 Å². The largest absolute Gasteiger partial charge is 0.494 e. The lowest BCUT2D eigenvalue weighted by atomic mass is 10.1. The number of carbonyl (C=O) groups excluding carboxylic acids is 1. The Bertz CT molecular complexity index is 743. The maximum atomic E-state index is 11.8. The Morgan fingerprint density at radius 1 is 1.00 bits per heavy atom. The molecule has 0 aliphatic carbocycles. The van der Waals surface area contributed by atoms with Crippen molar-refractivity contribution >= 4 is 11.8 Å². The molecule has 0 unspecified atom stereocenters. The summed E-state index contributed by atoms with van der Waals surface area (Å²) in [5.41, 5.74) is 3.84. The summed E-state index contributed by atoms with van der Waals surface area (Å²) >= 11 is 0. The van der Waals surface area contributed by atoms with Gasteiger partial charge in [0.05, 0.1) is 18.9 Å². The van der Waals surface area contributed by atoms with E-state index in [1.165, 1.54) is 5.56 Å². The van der Waals surface area contributed by atoms with Gasteiger partial charge in [0.25, 0.3) is 0 Å². The molecule has 0 atom stereocenters.